The maximum Gasteiger partial charge on any atom is 0.241 e. The monoisotopic (exact) mass is 275 g/mol. The average Bonchev–Trinajstić information content (AvgIpc) is 2.39. The molecule has 0 aliphatic heterocycles. The molecule has 0 spiro atoms. The minimum Gasteiger partial charge on any atom is -0.383 e. The quantitative estimate of drug-likeness (QED) is 0.578. The van der Waals surface area contributed by atoms with Gasteiger partial charge in [0, 0.05) is 41.4 Å². The van der Waals surface area contributed by atoms with Crippen molar-refractivity contribution in [2.45, 2.75) is 12.5 Å². The summed E-state index contributed by atoms with van der Waals surface area (Å²) < 4.78 is 10.0. The Labute approximate surface area is 114 Å². The van der Waals surface area contributed by atoms with Crippen molar-refractivity contribution in [3.8, 4) is 0 Å². The first kappa shape index (κ1) is 17.8. The average molecular weight is 275 g/mol. The second kappa shape index (κ2) is 9.71. The molecule has 2 amide bonds. The number of hydrogen-bond acceptors (Lipinski definition) is 5. The van der Waals surface area contributed by atoms with Crippen molar-refractivity contribution in [3.63, 3.8) is 0 Å². The Morgan fingerprint density at radius 2 is 1.84 bits per heavy atom. The van der Waals surface area contributed by atoms with E-state index < -0.39 is 0 Å². The lowest BCUT2D eigenvalue weighted by atomic mass is 10.2. The van der Waals surface area contributed by atoms with E-state index in [4.69, 9.17) is 15.2 Å². The standard InChI is InChI=1S/C12H25N3O4/c1-14(2)12(17)9-15(5-6-18-3)11(16)7-10(8-13)19-4/h10H,5-9,13H2,1-4H3. The topological polar surface area (TPSA) is 85.1 Å². The Morgan fingerprint density at radius 3 is 2.26 bits per heavy atom. The number of carbonyl (C=O) groups excluding carboxylic acids is 2. The van der Waals surface area contributed by atoms with E-state index in [2.05, 4.69) is 0 Å². The van der Waals surface area contributed by atoms with Crippen molar-refractivity contribution >= 4 is 11.8 Å². The van der Waals surface area contributed by atoms with Crippen LogP contribution in [0, 0.1) is 0 Å². The largest absolute Gasteiger partial charge is 0.383 e. The zero-order chi connectivity index (χ0) is 14.8. The third-order valence-corrected chi connectivity index (χ3v) is 2.74. The number of methoxy groups -OCH3 is 2. The maximum absolute atomic E-state index is 12.1. The summed E-state index contributed by atoms with van der Waals surface area (Å²) in [6, 6.07) is 0. The Kier molecular flexibility index (Phi) is 9.11. The zero-order valence-corrected chi connectivity index (χ0v) is 12.2. The number of amides is 2. The van der Waals surface area contributed by atoms with Crippen LogP contribution in [-0.2, 0) is 19.1 Å². The number of nitrogens with two attached hydrogens (primary N) is 1. The molecule has 0 aromatic rings. The number of likely N-dealkylation sites (N-methyl/N-ethyl adjacent to an activating group) is 1. The Morgan fingerprint density at radius 1 is 1.21 bits per heavy atom. The molecule has 0 rings (SSSR count). The fraction of sp³-hybridized carbons (Fsp3) is 0.833. The fourth-order valence-electron chi connectivity index (χ4n) is 1.38. The van der Waals surface area contributed by atoms with Gasteiger partial charge in [-0.25, -0.2) is 0 Å². The summed E-state index contributed by atoms with van der Waals surface area (Å²) in [4.78, 5) is 26.7. The number of nitrogens with zero attached hydrogens (tertiary/aromatic N) is 2. The molecular weight excluding hydrogens is 250 g/mol. The number of ether oxygens (including phenoxy) is 2. The molecule has 7 heteroatoms. The van der Waals surface area contributed by atoms with Crippen LogP contribution in [0.4, 0.5) is 0 Å². The molecule has 0 aromatic heterocycles. The van der Waals surface area contributed by atoms with Crippen LogP contribution in [0.1, 0.15) is 6.42 Å². The molecule has 0 saturated heterocycles. The minimum absolute atomic E-state index is 0.0379. The van der Waals surface area contributed by atoms with Crippen LogP contribution in [0.15, 0.2) is 0 Å². The lowest BCUT2D eigenvalue weighted by molar-refractivity contribution is -0.141. The van der Waals surface area contributed by atoms with Gasteiger partial charge in [-0.2, -0.15) is 0 Å². The van der Waals surface area contributed by atoms with Gasteiger partial charge in [-0.15, -0.1) is 0 Å². The van der Waals surface area contributed by atoms with Crippen molar-refractivity contribution in [1.29, 1.82) is 0 Å². The minimum atomic E-state index is -0.327. The third-order valence-electron chi connectivity index (χ3n) is 2.74. The van der Waals surface area contributed by atoms with Crippen molar-refractivity contribution in [2.24, 2.45) is 5.73 Å². The summed E-state index contributed by atoms with van der Waals surface area (Å²) in [5, 5.41) is 0. The van der Waals surface area contributed by atoms with Crippen molar-refractivity contribution in [1.82, 2.24) is 9.80 Å². The van der Waals surface area contributed by atoms with Crippen LogP contribution in [0.25, 0.3) is 0 Å². The molecule has 0 bridgehead atoms. The summed E-state index contributed by atoms with van der Waals surface area (Å²) in [6.07, 6.45) is -0.163. The highest BCUT2D eigenvalue weighted by Crippen LogP contribution is 2.02. The molecular formula is C12H25N3O4. The predicted molar refractivity (Wildman–Crippen MR) is 71.6 cm³/mol. The molecule has 2 N–H and O–H groups in total. The number of rotatable bonds is 9. The number of hydrogen-bond donors (Lipinski definition) is 1. The van der Waals surface area contributed by atoms with Gasteiger partial charge in [-0.1, -0.05) is 0 Å². The lowest BCUT2D eigenvalue weighted by Gasteiger charge is -2.25. The first-order valence-electron chi connectivity index (χ1n) is 6.16. The molecule has 0 aliphatic rings. The first-order valence-corrected chi connectivity index (χ1v) is 6.16. The van der Waals surface area contributed by atoms with Gasteiger partial charge in [0.15, 0.2) is 0 Å². The molecule has 19 heavy (non-hydrogen) atoms. The van der Waals surface area contributed by atoms with Gasteiger partial charge in [0.2, 0.25) is 11.8 Å². The predicted octanol–water partition coefficient (Wildman–Crippen LogP) is -1.09. The van der Waals surface area contributed by atoms with Crippen LogP contribution < -0.4 is 5.73 Å². The summed E-state index contributed by atoms with van der Waals surface area (Å²) in [5.41, 5.74) is 5.49. The van der Waals surface area contributed by atoms with E-state index >= 15 is 0 Å². The van der Waals surface area contributed by atoms with Gasteiger partial charge in [-0.05, 0) is 0 Å². The van der Waals surface area contributed by atoms with E-state index in [0.717, 1.165) is 0 Å². The highest BCUT2D eigenvalue weighted by Gasteiger charge is 2.21. The van der Waals surface area contributed by atoms with Crippen LogP contribution in [0.5, 0.6) is 0 Å². The van der Waals surface area contributed by atoms with E-state index in [-0.39, 0.29) is 37.4 Å². The van der Waals surface area contributed by atoms with Gasteiger partial charge in [-0.3, -0.25) is 9.59 Å². The molecule has 7 nitrogen and oxygen atoms in total. The van der Waals surface area contributed by atoms with E-state index in [1.54, 1.807) is 21.2 Å². The van der Waals surface area contributed by atoms with Gasteiger partial charge in [0.1, 0.15) is 0 Å². The van der Waals surface area contributed by atoms with Crippen LogP contribution >= 0.6 is 0 Å². The Bertz CT molecular complexity index is 280. The zero-order valence-electron chi connectivity index (χ0n) is 12.2. The molecule has 0 fully saturated rings. The molecule has 0 radical (unpaired) electrons. The molecule has 1 atom stereocenters. The highest BCUT2D eigenvalue weighted by molar-refractivity contribution is 5.84. The van der Waals surface area contributed by atoms with E-state index in [9.17, 15) is 9.59 Å². The summed E-state index contributed by atoms with van der Waals surface area (Å²) >= 11 is 0. The Balaban J connectivity index is 4.54. The Hall–Kier alpha value is -1.18. The second-order valence-electron chi connectivity index (χ2n) is 4.39. The van der Waals surface area contributed by atoms with Crippen LogP contribution in [-0.4, -0.2) is 82.3 Å². The van der Waals surface area contributed by atoms with Gasteiger partial charge in [0.25, 0.3) is 0 Å². The van der Waals surface area contributed by atoms with Gasteiger partial charge >= 0.3 is 0 Å². The van der Waals surface area contributed by atoms with Gasteiger partial charge in [0.05, 0.1) is 25.7 Å². The summed E-state index contributed by atoms with van der Waals surface area (Å²) in [6.45, 7) is 1.06. The van der Waals surface area contributed by atoms with E-state index in [0.29, 0.717) is 13.2 Å². The molecule has 0 heterocycles. The molecule has 1 unspecified atom stereocenters. The van der Waals surface area contributed by atoms with Crippen molar-refractivity contribution < 1.29 is 19.1 Å². The maximum atomic E-state index is 12.1. The van der Waals surface area contributed by atoms with E-state index in [1.807, 2.05) is 0 Å². The SMILES string of the molecule is COCCN(CC(=O)N(C)C)C(=O)CC(CN)OC. The lowest BCUT2D eigenvalue weighted by Crippen LogP contribution is -2.43. The first-order chi connectivity index (χ1) is 8.96. The van der Waals surface area contributed by atoms with Gasteiger partial charge < -0.3 is 25.0 Å². The van der Waals surface area contributed by atoms with Crippen molar-refractivity contribution in [2.75, 3.05) is 54.6 Å². The molecule has 112 valence electrons. The third kappa shape index (κ3) is 7.09. The molecule has 0 aromatic carbocycles. The van der Waals surface area contributed by atoms with Crippen LogP contribution in [0.3, 0.4) is 0 Å². The summed E-state index contributed by atoms with van der Waals surface area (Å²) in [7, 11) is 6.36. The second-order valence-corrected chi connectivity index (χ2v) is 4.39. The number of carbonyl (C=O) groups is 2. The normalized spacial score (nSPS) is 12.1. The highest BCUT2D eigenvalue weighted by atomic mass is 16.5. The van der Waals surface area contributed by atoms with E-state index in [1.165, 1.54) is 16.9 Å². The fourth-order valence-corrected chi connectivity index (χ4v) is 1.38. The molecule has 0 saturated carbocycles. The molecule has 0 aliphatic carbocycles. The van der Waals surface area contributed by atoms with Crippen molar-refractivity contribution in [3.05, 3.63) is 0 Å². The van der Waals surface area contributed by atoms with Crippen LogP contribution in [0.2, 0.25) is 0 Å². The summed E-state index contributed by atoms with van der Waals surface area (Å²) in [5.74, 6) is -0.296. The smallest absolute Gasteiger partial charge is 0.241 e.